The van der Waals surface area contributed by atoms with E-state index in [1.165, 1.54) is 0 Å². The van der Waals surface area contributed by atoms with Gasteiger partial charge in [-0.05, 0) is 6.07 Å². The van der Waals surface area contributed by atoms with E-state index in [1.807, 2.05) is 0 Å². The Morgan fingerprint density at radius 1 is 1.21 bits per heavy atom. The summed E-state index contributed by atoms with van der Waals surface area (Å²) in [6.45, 7) is 0. The molecule has 0 N–H and O–H groups in total. The maximum Gasteiger partial charge on any atom is 0.264 e. The van der Waals surface area contributed by atoms with E-state index < -0.39 is 12.0 Å². The second kappa shape index (κ2) is 4.28. The lowest BCUT2D eigenvalue weighted by Crippen LogP contribution is -1.97. The lowest BCUT2D eigenvalue weighted by molar-refractivity contribution is 0.110. The van der Waals surface area contributed by atoms with Crippen LogP contribution >= 0.6 is 11.6 Å². The first-order chi connectivity index (χ1) is 6.61. The Kier molecular flexibility index (Phi) is 3.30. The van der Waals surface area contributed by atoms with Crippen molar-refractivity contribution in [2.75, 3.05) is 0 Å². The second-order valence-corrected chi connectivity index (χ2v) is 2.89. The highest BCUT2D eigenvalue weighted by molar-refractivity contribution is 6.35. The van der Waals surface area contributed by atoms with Crippen molar-refractivity contribution >= 4 is 24.2 Å². The Hall–Kier alpha value is -1.29. The number of hydrogen-bond donors (Lipinski definition) is 0. The van der Waals surface area contributed by atoms with Crippen molar-refractivity contribution in [2.24, 2.45) is 0 Å². The van der Waals surface area contributed by atoms with Gasteiger partial charge in [-0.1, -0.05) is 17.7 Å². The highest BCUT2D eigenvalue weighted by atomic mass is 35.5. The molecule has 0 aliphatic carbocycles. The molecule has 0 fully saturated rings. The van der Waals surface area contributed by atoms with Gasteiger partial charge in [-0.25, -0.2) is 8.78 Å². The molecule has 0 unspecified atom stereocenters. The van der Waals surface area contributed by atoms with E-state index >= 15 is 0 Å². The summed E-state index contributed by atoms with van der Waals surface area (Å²) in [7, 11) is 0. The van der Waals surface area contributed by atoms with Gasteiger partial charge in [0.05, 0.1) is 5.02 Å². The number of carbonyl (C=O) groups excluding carboxylic acids is 2. The Morgan fingerprint density at radius 3 is 2.29 bits per heavy atom. The molecule has 1 aromatic carbocycles. The van der Waals surface area contributed by atoms with Crippen LogP contribution in [0.3, 0.4) is 0 Å². The van der Waals surface area contributed by atoms with Gasteiger partial charge in [0, 0.05) is 16.7 Å². The van der Waals surface area contributed by atoms with Crippen LogP contribution in [0.1, 0.15) is 32.7 Å². The fourth-order valence-corrected chi connectivity index (χ4v) is 1.29. The largest absolute Gasteiger partial charge is 0.298 e. The molecule has 1 rings (SSSR count). The molecule has 2 nitrogen and oxygen atoms in total. The van der Waals surface area contributed by atoms with Crippen molar-refractivity contribution in [3.8, 4) is 0 Å². The maximum absolute atomic E-state index is 12.3. The number of halogens is 3. The van der Waals surface area contributed by atoms with E-state index in [0.717, 1.165) is 12.1 Å². The summed E-state index contributed by atoms with van der Waals surface area (Å²) in [6, 6.07) is 2.17. The summed E-state index contributed by atoms with van der Waals surface area (Å²) < 4.78 is 24.6. The van der Waals surface area contributed by atoms with E-state index in [2.05, 4.69) is 0 Å². The van der Waals surface area contributed by atoms with Gasteiger partial charge in [0.15, 0.2) is 12.6 Å². The summed E-state index contributed by atoms with van der Waals surface area (Å²) in [4.78, 5) is 20.9. The minimum absolute atomic E-state index is 0.0261. The number of rotatable bonds is 3. The monoisotopic (exact) mass is 218 g/mol. The number of alkyl halides is 2. The van der Waals surface area contributed by atoms with Gasteiger partial charge >= 0.3 is 0 Å². The lowest BCUT2D eigenvalue weighted by Gasteiger charge is -2.06. The van der Waals surface area contributed by atoms with Crippen molar-refractivity contribution in [2.45, 2.75) is 6.43 Å². The zero-order valence-electron chi connectivity index (χ0n) is 6.84. The molecule has 0 spiro atoms. The Balaban J connectivity index is 3.43. The summed E-state index contributed by atoms with van der Waals surface area (Å²) in [5.74, 6) is 0. The normalized spacial score (nSPS) is 10.3. The first-order valence-corrected chi connectivity index (χ1v) is 4.00. The second-order valence-electron chi connectivity index (χ2n) is 2.51. The quantitative estimate of drug-likeness (QED) is 0.731. The first kappa shape index (κ1) is 10.8. The van der Waals surface area contributed by atoms with Crippen LogP contribution < -0.4 is 0 Å². The van der Waals surface area contributed by atoms with Gasteiger partial charge in [0.25, 0.3) is 6.43 Å². The molecule has 0 saturated heterocycles. The number of benzene rings is 1. The molecule has 1 aromatic rings. The SMILES string of the molecule is O=Cc1ccc(C(F)F)c(C=O)c1Cl. The number of hydrogen-bond acceptors (Lipinski definition) is 2. The molecule has 0 aliphatic heterocycles. The minimum atomic E-state index is -2.78. The summed E-state index contributed by atoms with van der Waals surface area (Å²) in [6.07, 6.45) is -2.16. The Labute approximate surface area is 83.5 Å². The molecule has 0 heterocycles. The summed E-state index contributed by atoms with van der Waals surface area (Å²) >= 11 is 5.56. The average Bonchev–Trinajstić information content (AvgIpc) is 2.17. The van der Waals surface area contributed by atoms with Crippen LogP contribution in [0.15, 0.2) is 12.1 Å². The van der Waals surface area contributed by atoms with Crippen molar-refractivity contribution in [3.05, 3.63) is 33.8 Å². The predicted octanol–water partition coefficient (Wildman–Crippen LogP) is 2.90. The molecule has 0 radical (unpaired) electrons. The van der Waals surface area contributed by atoms with Crippen LogP contribution in [0.5, 0.6) is 0 Å². The Bertz CT molecular complexity index is 377. The average molecular weight is 219 g/mol. The van der Waals surface area contributed by atoms with Gasteiger partial charge in [-0.15, -0.1) is 0 Å². The van der Waals surface area contributed by atoms with E-state index in [0.29, 0.717) is 6.29 Å². The molecule has 14 heavy (non-hydrogen) atoms. The molecule has 0 aliphatic rings. The molecular weight excluding hydrogens is 214 g/mol. The molecule has 5 heteroatoms. The Morgan fingerprint density at radius 2 is 1.86 bits per heavy atom. The number of aldehydes is 2. The fourth-order valence-electron chi connectivity index (χ4n) is 1.03. The van der Waals surface area contributed by atoms with Crippen LogP contribution in [0.25, 0.3) is 0 Å². The van der Waals surface area contributed by atoms with Crippen molar-refractivity contribution < 1.29 is 18.4 Å². The lowest BCUT2D eigenvalue weighted by atomic mass is 10.1. The summed E-state index contributed by atoms with van der Waals surface area (Å²) in [5.41, 5.74) is -0.764. The van der Waals surface area contributed by atoms with E-state index in [-0.39, 0.29) is 22.4 Å². The van der Waals surface area contributed by atoms with E-state index in [4.69, 9.17) is 11.6 Å². The van der Waals surface area contributed by atoms with Crippen molar-refractivity contribution in [1.29, 1.82) is 0 Å². The van der Waals surface area contributed by atoms with Gasteiger partial charge < -0.3 is 0 Å². The zero-order chi connectivity index (χ0) is 10.7. The summed E-state index contributed by atoms with van der Waals surface area (Å²) in [5, 5.41) is -0.229. The van der Waals surface area contributed by atoms with Gasteiger partial charge in [-0.3, -0.25) is 9.59 Å². The molecule has 74 valence electrons. The zero-order valence-corrected chi connectivity index (χ0v) is 7.59. The van der Waals surface area contributed by atoms with Gasteiger partial charge in [0.2, 0.25) is 0 Å². The smallest absolute Gasteiger partial charge is 0.264 e. The topological polar surface area (TPSA) is 34.1 Å². The highest BCUT2D eigenvalue weighted by Crippen LogP contribution is 2.28. The minimum Gasteiger partial charge on any atom is -0.298 e. The standard InChI is InChI=1S/C9H5ClF2O2/c10-8-5(3-13)1-2-6(9(11)12)7(8)4-14/h1-4,9H. The molecule has 0 atom stereocenters. The third-order valence-electron chi connectivity index (χ3n) is 1.72. The fraction of sp³-hybridized carbons (Fsp3) is 0.111. The van der Waals surface area contributed by atoms with E-state index in [9.17, 15) is 18.4 Å². The molecular formula is C9H5ClF2O2. The van der Waals surface area contributed by atoms with Gasteiger partial charge in [-0.2, -0.15) is 0 Å². The molecule has 0 bridgehead atoms. The molecule has 0 amide bonds. The number of carbonyl (C=O) groups is 2. The molecule has 0 saturated carbocycles. The maximum atomic E-state index is 12.3. The highest BCUT2D eigenvalue weighted by Gasteiger charge is 2.17. The third kappa shape index (κ3) is 1.80. The third-order valence-corrected chi connectivity index (χ3v) is 2.15. The van der Waals surface area contributed by atoms with Crippen LogP contribution in [0.4, 0.5) is 8.78 Å². The van der Waals surface area contributed by atoms with Crippen LogP contribution in [0, 0.1) is 0 Å². The van der Waals surface area contributed by atoms with E-state index in [1.54, 1.807) is 0 Å². The van der Waals surface area contributed by atoms with Crippen molar-refractivity contribution in [3.63, 3.8) is 0 Å². The van der Waals surface area contributed by atoms with Gasteiger partial charge in [0.1, 0.15) is 0 Å². The van der Waals surface area contributed by atoms with Crippen molar-refractivity contribution in [1.82, 2.24) is 0 Å². The first-order valence-electron chi connectivity index (χ1n) is 3.62. The van der Waals surface area contributed by atoms with Crippen LogP contribution in [0.2, 0.25) is 5.02 Å². The van der Waals surface area contributed by atoms with Crippen LogP contribution in [-0.2, 0) is 0 Å². The predicted molar refractivity (Wildman–Crippen MR) is 47.2 cm³/mol. The molecule has 0 aromatic heterocycles. The van der Waals surface area contributed by atoms with Crippen LogP contribution in [-0.4, -0.2) is 12.6 Å².